The lowest BCUT2D eigenvalue weighted by Gasteiger charge is -2.36. The van der Waals surface area contributed by atoms with Crippen LogP contribution in [0.2, 0.25) is 0 Å². The summed E-state index contributed by atoms with van der Waals surface area (Å²) in [5.41, 5.74) is 4.84. The summed E-state index contributed by atoms with van der Waals surface area (Å²) in [5.74, 6) is 0.0676. The quantitative estimate of drug-likeness (QED) is 0.693. The van der Waals surface area contributed by atoms with E-state index in [-0.39, 0.29) is 24.4 Å². The molecule has 2 N–H and O–H groups in total. The number of nitrogens with zero attached hydrogens (tertiary/aromatic N) is 1. The average Bonchev–Trinajstić information content (AvgIpc) is 2.74. The molecule has 0 aliphatic carbocycles. The van der Waals surface area contributed by atoms with Crippen molar-refractivity contribution in [2.24, 2.45) is 0 Å². The van der Waals surface area contributed by atoms with Gasteiger partial charge in [0, 0.05) is 39.3 Å². The predicted molar refractivity (Wildman–Crippen MR) is 119 cm³/mol. The minimum atomic E-state index is 0. The number of carbonyl (C=O) groups excluding carboxylic acids is 1. The Morgan fingerprint density at radius 1 is 1.10 bits per heavy atom. The molecular formula is C23H32ClN3O2. The lowest BCUT2D eigenvalue weighted by molar-refractivity contribution is -0.123. The smallest absolute Gasteiger partial charge is 0.234 e. The molecule has 0 radical (unpaired) electrons. The molecular weight excluding hydrogens is 386 g/mol. The van der Waals surface area contributed by atoms with Crippen LogP contribution in [0.1, 0.15) is 35.2 Å². The molecule has 2 aromatic carbocycles. The molecule has 2 aromatic rings. The van der Waals surface area contributed by atoms with E-state index in [0.29, 0.717) is 19.7 Å². The van der Waals surface area contributed by atoms with E-state index in [0.717, 1.165) is 37.2 Å². The summed E-state index contributed by atoms with van der Waals surface area (Å²) in [5, 5.41) is 6.51. The molecule has 1 unspecified atom stereocenters. The highest BCUT2D eigenvalue weighted by atomic mass is 35.5. The summed E-state index contributed by atoms with van der Waals surface area (Å²) in [6, 6.07) is 17.2. The second kappa shape index (κ2) is 11.9. The molecule has 0 bridgehead atoms. The summed E-state index contributed by atoms with van der Waals surface area (Å²) in [6.45, 7) is 6.41. The Hall–Kier alpha value is -1.92. The minimum Gasteiger partial charge on any atom is -0.380 e. The number of aryl methyl sites for hydroxylation is 1. The van der Waals surface area contributed by atoms with Gasteiger partial charge in [-0.15, -0.1) is 12.4 Å². The zero-order chi connectivity index (χ0) is 19.8. The number of nitrogens with one attached hydrogen (secondary N) is 2. The number of piperazine rings is 1. The van der Waals surface area contributed by atoms with Crippen LogP contribution < -0.4 is 10.6 Å². The van der Waals surface area contributed by atoms with Crippen LogP contribution in [0, 0.1) is 0 Å². The Morgan fingerprint density at radius 2 is 1.76 bits per heavy atom. The monoisotopic (exact) mass is 417 g/mol. The third kappa shape index (κ3) is 6.82. The van der Waals surface area contributed by atoms with Crippen LogP contribution in [-0.2, 0) is 29.1 Å². The fraction of sp³-hybridized carbons (Fsp3) is 0.435. The molecule has 1 saturated heterocycles. The Bertz CT molecular complexity index is 750. The molecule has 29 heavy (non-hydrogen) atoms. The molecule has 5 nitrogen and oxygen atoms in total. The molecule has 1 amide bonds. The molecule has 1 aliphatic rings. The largest absolute Gasteiger partial charge is 0.380 e. The number of ether oxygens (including phenoxy) is 1. The van der Waals surface area contributed by atoms with E-state index in [2.05, 4.69) is 46.7 Å². The normalized spacial score (nSPS) is 16.8. The Kier molecular flexibility index (Phi) is 9.61. The van der Waals surface area contributed by atoms with Gasteiger partial charge in [0.05, 0.1) is 13.2 Å². The molecule has 1 fully saturated rings. The van der Waals surface area contributed by atoms with Crippen molar-refractivity contribution < 1.29 is 9.53 Å². The molecule has 1 heterocycles. The number of hydrogen-bond acceptors (Lipinski definition) is 4. The number of methoxy groups -OCH3 is 1. The second-order valence-electron chi connectivity index (χ2n) is 7.31. The maximum Gasteiger partial charge on any atom is 0.234 e. The van der Waals surface area contributed by atoms with Crippen LogP contribution in [0.3, 0.4) is 0 Å². The molecule has 1 aliphatic heterocycles. The van der Waals surface area contributed by atoms with Gasteiger partial charge in [-0.1, -0.05) is 55.5 Å². The van der Waals surface area contributed by atoms with Crippen molar-refractivity contribution in [1.29, 1.82) is 0 Å². The van der Waals surface area contributed by atoms with Crippen molar-refractivity contribution >= 4 is 18.3 Å². The van der Waals surface area contributed by atoms with E-state index in [1.165, 1.54) is 11.1 Å². The van der Waals surface area contributed by atoms with Crippen LogP contribution in [-0.4, -0.2) is 44.1 Å². The molecule has 0 aromatic heterocycles. The maximum atomic E-state index is 12.5. The first-order chi connectivity index (χ1) is 13.7. The lowest BCUT2D eigenvalue weighted by Crippen LogP contribution is -2.49. The third-order valence-corrected chi connectivity index (χ3v) is 5.30. The van der Waals surface area contributed by atoms with E-state index in [4.69, 9.17) is 4.74 Å². The zero-order valence-corrected chi connectivity index (χ0v) is 18.1. The summed E-state index contributed by atoms with van der Waals surface area (Å²) < 4.78 is 5.13. The van der Waals surface area contributed by atoms with Gasteiger partial charge in [-0.05, 0) is 28.7 Å². The van der Waals surface area contributed by atoms with Crippen molar-refractivity contribution in [2.45, 2.75) is 32.5 Å². The summed E-state index contributed by atoms with van der Waals surface area (Å²) in [7, 11) is 1.69. The van der Waals surface area contributed by atoms with Crippen molar-refractivity contribution in [2.75, 3.05) is 33.3 Å². The average molecular weight is 418 g/mol. The predicted octanol–water partition coefficient (Wildman–Crippen LogP) is 3.08. The van der Waals surface area contributed by atoms with Gasteiger partial charge in [0.1, 0.15) is 0 Å². The Labute approximate surface area is 180 Å². The van der Waals surface area contributed by atoms with Gasteiger partial charge in [0.2, 0.25) is 5.91 Å². The van der Waals surface area contributed by atoms with E-state index >= 15 is 0 Å². The second-order valence-corrected chi connectivity index (χ2v) is 7.31. The molecule has 1 atom stereocenters. The number of amides is 1. The minimum absolute atomic E-state index is 0. The SMILES string of the molecule is CCc1ccc(C2CNCCN2CC(=O)NCc2ccc(COC)cc2)cc1.Cl. The van der Waals surface area contributed by atoms with Crippen LogP contribution in [0.4, 0.5) is 0 Å². The molecule has 0 spiro atoms. The number of hydrogen-bond donors (Lipinski definition) is 2. The first-order valence-electron chi connectivity index (χ1n) is 10.1. The van der Waals surface area contributed by atoms with Crippen LogP contribution in [0.15, 0.2) is 48.5 Å². The Balaban J connectivity index is 0.00000300. The summed E-state index contributed by atoms with van der Waals surface area (Å²) in [4.78, 5) is 14.8. The van der Waals surface area contributed by atoms with Crippen molar-refractivity contribution in [3.8, 4) is 0 Å². The summed E-state index contributed by atoms with van der Waals surface area (Å²) >= 11 is 0. The molecule has 3 rings (SSSR count). The van der Waals surface area contributed by atoms with Crippen LogP contribution in [0.25, 0.3) is 0 Å². The number of halogens is 1. The van der Waals surface area contributed by atoms with Gasteiger partial charge >= 0.3 is 0 Å². The van der Waals surface area contributed by atoms with Crippen LogP contribution >= 0.6 is 12.4 Å². The number of benzene rings is 2. The van der Waals surface area contributed by atoms with Gasteiger partial charge in [0.15, 0.2) is 0 Å². The zero-order valence-electron chi connectivity index (χ0n) is 17.3. The van der Waals surface area contributed by atoms with E-state index in [9.17, 15) is 4.79 Å². The molecule has 158 valence electrons. The van der Waals surface area contributed by atoms with Crippen molar-refractivity contribution in [3.63, 3.8) is 0 Å². The standard InChI is InChI=1S/C23H31N3O2.ClH/c1-3-18-8-10-21(11-9-18)22-15-24-12-13-26(22)16-23(27)25-14-19-4-6-20(7-5-19)17-28-2;/h4-11,22,24H,3,12-17H2,1-2H3,(H,25,27);1H. The fourth-order valence-electron chi connectivity index (χ4n) is 3.60. The first kappa shape index (κ1) is 23.4. The van der Waals surface area contributed by atoms with Gasteiger partial charge in [-0.25, -0.2) is 0 Å². The highest BCUT2D eigenvalue weighted by Crippen LogP contribution is 2.22. The third-order valence-electron chi connectivity index (χ3n) is 5.30. The van der Waals surface area contributed by atoms with Gasteiger partial charge in [0.25, 0.3) is 0 Å². The highest BCUT2D eigenvalue weighted by Gasteiger charge is 2.25. The maximum absolute atomic E-state index is 12.5. The summed E-state index contributed by atoms with van der Waals surface area (Å²) in [6.07, 6.45) is 1.04. The fourth-order valence-corrected chi connectivity index (χ4v) is 3.60. The lowest BCUT2D eigenvalue weighted by atomic mass is 10.0. The molecule has 6 heteroatoms. The highest BCUT2D eigenvalue weighted by molar-refractivity contribution is 5.85. The van der Waals surface area contributed by atoms with E-state index in [1.807, 2.05) is 24.3 Å². The van der Waals surface area contributed by atoms with Crippen LogP contribution in [0.5, 0.6) is 0 Å². The number of carbonyl (C=O) groups is 1. The molecule has 0 saturated carbocycles. The topological polar surface area (TPSA) is 53.6 Å². The van der Waals surface area contributed by atoms with Gasteiger partial charge in [-0.2, -0.15) is 0 Å². The van der Waals surface area contributed by atoms with E-state index < -0.39 is 0 Å². The Morgan fingerprint density at radius 3 is 2.41 bits per heavy atom. The van der Waals surface area contributed by atoms with E-state index in [1.54, 1.807) is 7.11 Å². The first-order valence-corrected chi connectivity index (χ1v) is 10.1. The van der Waals surface area contributed by atoms with Crippen molar-refractivity contribution in [1.82, 2.24) is 15.5 Å². The van der Waals surface area contributed by atoms with Crippen molar-refractivity contribution in [3.05, 3.63) is 70.8 Å². The number of rotatable bonds is 8. The van der Waals surface area contributed by atoms with Gasteiger partial charge < -0.3 is 15.4 Å². The van der Waals surface area contributed by atoms with Gasteiger partial charge in [-0.3, -0.25) is 9.69 Å².